The molecule has 0 heterocycles. The van der Waals surface area contributed by atoms with Gasteiger partial charge in [0.1, 0.15) is 0 Å². The molecule has 1 atom stereocenters. The fourth-order valence-electron chi connectivity index (χ4n) is 0.756. The Hall–Kier alpha value is 0.270. The molecule has 0 aliphatic heterocycles. The fraction of sp³-hybridized carbons (Fsp3) is 1.00. The van der Waals surface area contributed by atoms with Gasteiger partial charge in [0.05, 0.1) is 0 Å². The SMILES string of the molecule is CSC(C)(C)CNCC(C)CO. The molecule has 0 amide bonds. The zero-order valence-corrected chi connectivity index (χ0v) is 9.37. The number of nitrogens with one attached hydrogen (secondary N) is 1. The Morgan fingerprint density at radius 1 is 1.50 bits per heavy atom. The zero-order chi connectivity index (χ0) is 9.61. The van der Waals surface area contributed by atoms with Gasteiger partial charge >= 0.3 is 0 Å². The van der Waals surface area contributed by atoms with E-state index in [1.807, 2.05) is 18.7 Å². The number of aliphatic hydroxyl groups is 1. The Bertz CT molecular complexity index is 117. The van der Waals surface area contributed by atoms with Crippen molar-refractivity contribution in [3.8, 4) is 0 Å². The maximum Gasteiger partial charge on any atom is 0.0468 e. The number of aliphatic hydroxyl groups excluding tert-OH is 1. The Labute approximate surface area is 80.1 Å². The highest BCUT2D eigenvalue weighted by atomic mass is 32.2. The van der Waals surface area contributed by atoms with E-state index in [9.17, 15) is 0 Å². The van der Waals surface area contributed by atoms with E-state index >= 15 is 0 Å². The molecule has 0 fully saturated rings. The first kappa shape index (κ1) is 12.3. The van der Waals surface area contributed by atoms with E-state index in [1.54, 1.807) is 0 Å². The lowest BCUT2D eigenvalue weighted by molar-refractivity contribution is 0.233. The first-order valence-electron chi connectivity index (χ1n) is 4.38. The topological polar surface area (TPSA) is 32.3 Å². The molecule has 74 valence electrons. The molecule has 0 aliphatic rings. The van der Waals surface area contributed by atoms with Gasteiger partial charge in [-0.2, -0.15) is 11.8 Å². The van der Waals surface area contributed by atoms with E-state index in [-0.39, 0.29) is 6.61 Å². The lowest BCUT2D eigenvalue weighted by Gasteiger charge is -2.23. The lowest BCUT2D eigenvalue weighted by atomic mass is 10.1. The molecule has 0 radical (unpaired) electrons. The second kappa shape index (κ2) is 5.84. The summed E-state index contributed by atoms with van der Waals surface area (Å²) >= 11 is 1.86. The Morgan fingerprint density at radius 2 is 2.08 bits per heavy atom. The standard InChI is InChI=1S/C9H21NOS/c1-8(6-11)5-10-7-9(2,3)12-4/h8,10-11H,5-7H2,1-4H3. The van der Waals surface area contributed by atoms with E-state index in [1.165, 1.54) is 0 Å². The first-order chi connectivity index (χ1) is 5.52. The maximum absolute atomic E-state index is 8.78. The van der Waals surface area contributed by atoms with Crippen molar-refractivity contribution < 1.29 is 5.11 Å². The van der Waals surface area contributed by atoms with Gasteiger partial charge in [-0.1, -0.05) is 6.92 Å². The molecule has 0 aromatic heterocycles. The van der Waals surface area contributed by atoms with E-state index < -0.39 is 0 Å². The quantitative estimate of drug-likeness (QED) is 0.664. The molecule has 0 saturated carbocycles. The molecular weight excluding hydrogens is 170 g/mol. The molecule has 0 bridgehead atoms. The number of rotatable bonds is 6. The van der Waals surface area contributed by atoms with Crippen LogP contribution in [0, 0.1) is 5.92 Å². The average Bonchev–Trinajstić information content (AvgIpc) is 2.04. The maximum atomic E-state index is 8.78. The van der Waals surface area contributed by atoms with Crippen LogP contribution in [0.25, 0.3) is 0 Å². The van der Waals surface area contributed by atoms with Crippen molar-refractivity contribution in [3.05, 3.63) is 0 Å². The second-order valence-electron chi connectivity index (χ2n) is 3.88. The average molecular weight is 191 g/mol. The number of hydrogen-bond donors (Lipinski definition) is 2. The van der Waals surface area contributed by atoms with Crippen LogP contribution in [0.4, 0.5) is 0 Å². The van der Waals surface area contributed by atoms with Gasteiger partial charge in [0.15, 0.2) is 0 Å². The molecule has 12 heavy (non-hydrogen) atoms. The Balaban J connectivity index is 3.42. The fourth-order valence-corrected chi connectivity index (χ4v) is 1.00. The highest BCUT2D eigenvalue weighted by Gasteiger charge is 2.14. The molecule has 2 N–H and O–H groups in total. The van der Waals surface area contributed by atoms with Gasteiger partial charge in [-0.25, -0.2) is 0 Å². The highest BCUT2D eigenvalue weighted by molar-refractivity contribution is 7.99. The van der Waals surface area contributed by atoms with Crippen molar-refractivity contribution in [2.24, 2.45) is 5.92 Å². The summed E-state index contributed by atoms with van der Waals surface area (Å²) in [5, 5.41) is 12.1. The second-order valence-corrected chi connectivity index (χ2v) is 5.40. The minimum atomic E-state index is 0.271. The molecule has 3 heteroatoms. The van der Waals surface area contributed by atoms with E-state index in [0.29, 0.717) is 10.7 Å². The largest absolute Gasteiger partial charge is 0.396 e. The molecule has 0 rings (SSSR count). The smallest absolute Gasteiger partial charge is 0.0468 e. The lowest BCUT2D eigenvalue weighted by Crippen LogP contribution is -2.35. The Kier molecular flexibility index (Phi) is 5.97. The van der Waals surface area contributed by atoms with Crippen molar-refractivity contribution in [1.29, 1.82) is 0 Å². The van der Waals surface area contributed by atoms with Gasteiger partial charge in [-0.15, -0.1) is 0 Å². The van der Waals surface area contributed by atoms with Crippen molar-refractivity contribution in [2.75, 3.05) is 26.0 Å². The summed E-state index contributed by atoms with van der Waals surface area (Å²) in [6.07, 6.45) is 2.12. The molecular formula is C9H21NOS. The summed E-state index contributed by atoms with van der Waals surface area (Å²) in [6, 6.07) is 0. The van der Waals surface area contributed by atoms with Crippen LogP contribution in [0.1, 0.15) is 20.8 Å². The van der Waals surface area contributed by atoms with Crippen LogP contribution < -0.4 is 5.32 Å². The van der Waals surface area contributed by atoms with Crippen molar-refractivity contribution in [3.63, 3.8) is 0 Å². The predicted octanol–water partition coefficient (Wildman–Crippen LogP) is 1.35. The van der Waals surface area contributed by atoms with Crippen LogP contribution in [-0.2, 0) is 0 Å². The summed E-state index contributed by atoms with van der Waals surface area (Å²) in [5.41, 5.74) is 0. The third kappa shape index (κ3) is 5.86. The van der Waals surface area contributed by atoms with Crippen LogP contribution in [0.5, 0.6) is 0 Å². The van der Waals surface area contributed by atoms with Crippen LogP contribution in [0.15, 0.2) is 0 Å². The first-order valence-corrected chi connectivity index (χ1v) is 5.61. The zero-order valence-electron chi connectivity index (χ0n) is 8.55. The Morgan fingerprint density at radius 3 is 2.50 bits per heavy atom. The third-order valence-electron chi connectivity index (χ3n) is 1.91. The van der Waals surface area contributed by atoms with Gasteiger partial charge in [0, 0.05) is 17.9 Å². The van der Waals surface area contributed by atoms with Crippen LogP contribution >= 0.6 is 11.8 Å². The monoisotopic (exact) mass is 191 g/mol. The van der Waals surface area contributed by atoms with Crippen LogP contribution in [0.2, 0.25) is 0 Å². The third-order valence-corrected chi connectivity index (χ3v) is 3.16. The van der Waals surface area contributed by atoms with Gasteiger partial charge in [-0.3, -0.25) is 0 Å². The van der Waals surface area contributed by atoms with Crippen molar-refractivity contribution >= 4 is 11.8 Å². The normalized spacial score (nSPS) is 14.8. The minimum Gasteiger partial charge on any atom is -0.396 e. The van der Waals surface area contributed by atoms with Crippen LogP contribution in [-0.4, -0.2) is 35.8 Å². The summed E-state index contributed by atoms with van der Waals surface area (Å²) in [4.78, 5) is 0. The van der Waals surface area contributed by atoms with Crippen LogP contribution in [0.3, 0.4) is 0 Å². The summed E-state index contributed by atoms with van der Waals surface area (Å²) < 4.78 is 0.301. The van der Waals surface area contributed by atoms with Gasteiger partial charge in [-0.05, 0) is 32.6 Å². The molecule has 0 spiro atoms. The van der Waals surface area contributed by atoms with Crippen molar-refractivity contribution in [2.45, 2.75) is 25.5 Å². The summed E-state index contributed by atoms with van der Waals surface area (Å²) in [6.45, 7) is 8.65. The van der Waals surface area contributed by atoms with Crippen molar-refractivity contribution in [1.82, 2.24) is 5.32 Å². The molecule has 2 nitrogen and oxygen atoms in total. The molecule has 0 aromatic rings. The van der Waals surface area contributed by atoms with Gasteiger partial charge in [0.25, 0.3) is 0 Å². The van der Waals surface area contributed by atoms with Gasteiger partial charge < -0.3 is 10.4 Å². The summed E-state index contributed by atoms with van der Waals surface area (Å²) in [5.74, 6) is 0.364. The number of hydrogen-bond acceptors (Lipinski definition) is 3. The van der Waals surface area contributed by atoms with E-state index in [0.717, 1.165) is 13.1 Å². The van der Waals surface area contributed by atoms with E-state index in [2.05, 4.69) is 25.4 Å². The van der Waals surface area contributed by atoms with E-state index in [4.69, 9.17) is 5.11 Å². The molecule has 1 unspecified atom stereocenters. The minimum absolute atomic E-state index is 0.271. The van der Waals surface area contributed by atoms with Gasteiger partial charge in [0.2, 0.25) is 0 Å². The summed E-state index contributed by atoms with van der Waals surface area (Å²) in [7, 11) is 0. The molecule has 0 aromatic carbocycles. The highest BCUT2D eigenvalue weighted by Crippen LogP contribution is 2.19. The molecule has 0 saturated heterocycles. The number of thioether (sulfide) groups is 1. The predicted molar refractivity (Wildman–Crippen MR) is 56.7 cm³/mol. The molecule has 0 aliphatic carbocycles.